The molecule has 3 rings (SSSR count). The summed E-state index contributed by atoms with van der Waals surface area (Å²) < 4.78 is 10.7. The highest BCUT2D eigenvalue weighted by Crippen LogP contribution is 2.31. The molecule has 6 heteroatoms. The molecule has 27 heavy (non-hydrogen) atoms. The van der Waals surface area contributed by atoms with Gasteiger partial charge in [-0.25, -0.2) is 4.98 Å². The average molecular weight is 382 g/mol. The van der Waals surface area contributed by atoms with E-state index in [2.05, 4.69) is 10.3 Å². The van der Waals surface area contributed by atoms with Gasteiger partial charge in [0.15, 0.2) is 5.13 Å². The first-order valence-corrected chi connectivity index (χ1v) is 9.50. The minimum Gasteiger partial charge on any atom is -0.497 e. The molecule has 0 atom stereocenters. The molecule has 1 aromatic heterocycles. The van der Waals surface area contributed by atoms with E-state index in [1.165, 1.54) is 11.3 Å². The molecule has 0 saturated carbocycles. The molecule has 2 aromatic carbocycles. The Hall–Kier alpha value is -2.70. The summed E-state index contributed by atoms with van der Waals surface area (Å²) in [5, 5.41) is 3.46. The van der Waals surface area contributed by atoms with E-state index in [9.17, 15) is 4.79 Å². The number of aromatic nitrogens is 1. The number of amides is 1. The summed E-state index contributed by atoms with van der Waals surface area (Å²) in [4.78, 5) is 17.7. The first-order chi connectivity index (χ1) is 13.2. The Bertz CT molecular complexity index is 876. The first kappa shape index (κ1) is 19.1. The average Bonchev–Trinajstić information content (AvgIpc) is 3.06. The van der Waals surface area contributed by atoms with Gasteiger partial charge in [-0.3, -0.25) is 4.79 Å². The highest BCUT2D eigenvalue weighted by Gasteiger charge is 2.12. The summed E-state index contributed by atoms with van der Waals surface area (Å²) in [7, 11) is 1.64. The molecular formula is C21H22N2O3S. The SMILES string of the molecule is COc1ccc(-c2nc(NC(=O)CCOCc3ccccc3)sc2C)cc1. The van der Waals surface area contributed by atoms with Crippen molar-refractivity contribution in [2.24, 2.45) is 0 Å². The standard InChI is InChI=1S/C21H22N2O3S/c1-15-20(17-8-10-18(25-2)11-9-17)23-21(27-15)22-19(24)12-13-26-14-16-6-4-3-5-7-16/h3-11H,12-14H2,1-2H3,(H,22,23,24). The number of ether oxygens (including phenoxy) is 2. The van der Waals surface area contributed by atoms with Crippen molar-refractivity contribution in [3.63, 3.8) is 0 Å². The lowest BCUT2D eigenvalue weighted by molar-refractivity contribution is -0.117. The van der Waals surface area contributed by atoms with E-state index in [4.69, 9.17) is 9.47 Å². The van der Waals surface area contributed by atoms with Crippen molar-refractivity contribution in [1.82, 2.24) is 4.98 Å². The summed E-state index contributed by atoms with van der Waals surface area (Å²) in [5.41, 5.74) is 2.96. The van der Waals surface area contributed by atoms with Crippen LogP contribution in [0.4, 0.5) is 5.13 Å². The summed E-state index contributed by atoms with van der Waals surface area (Å²) in [6, 6.07) is 17.6. The number of nitrogens with one attached hydrogen (secondary N) is 1. The van der Waals surface area contributed by atoms with E-state index in [1.54, 1.807) is 7.11 Å². The van der Waals surface area contributed by atoms with Crippen molar-refractivity contribution in [1.29, 1.82) is 0 Å². The molecule has 1 heterocycles. The van der Waals surface area contributed by atoms with Crippen molar-refractivity contribution in [3.8, 4) is 17.0 Å². The summed E-state index contributed by atoms with van der Waals surface area (Å²) in [6.07, 6.45) is 0.295. The number of rotatable bonds is 8. The van der Waals surface area contributed by atoms with E-state index < -0.39 is 0 Å². The quantitative estimate of drug-likeness (QED) is 0.575. The number of benzene rings is 2. The Morgan fingerprint density at radius 3 is 2.56 bits per heavy atom. The summed E-state index contributed by atoms with van der Waals surface area (Å²) in [6.45, 7) is 2.87. The lowest BCUT2D eigenvalue weighted by Gasteiger charge is -2.04. The maximum atomic E-state index is 12.1. The molecule has 0 bridgehead atoms. The second kappa shape index (κ2) is 9.30. The van der Waals surface area contributed by atoms with Gasteiger partial charge in [-0.1, -0.05) is 30.3 Å². The van der Waals surface area contributed by atoms with Crippen LogP contribution in [0.5, 0.6) is 5.75 Å². The van der Waals surface area contributed by atoms with Crippen molar-refractivity contribution < 1.29 is 14.3 Å². The minimum absolute atomic E-state index is 0.0990. The van der Waals surface area contributed by atoms with Crippen LogP contribution in [0, 0.1) is 6.92 Å². The Labute approximate surface area is 163 Å². The minimum atomic E-state index is -0.0990. The normalized spacial score (nSPS) is 10.6. The number of thiazole rings is 1. The molecular weight excluding hydrogens is 360 g/mol. The van der Waals surface area contributed by atoms with Crippen molar-refractivity contribution in [2.45, 2.75) is 20.0 Å². The predicted octanol–water partition coefficient (Wildman–Crippen LogP) is 4.67. The molecule has 0 radical (unpaired) electrons. The monoisotopic (exact) mass is 382 g/mol. The first-order valence-electron chi connectivity index (χ1n) is 8.69. The van der Waals surface area contributed by atoms with Gasteiger partial charge in [0.2, 0.25) is 5.91 Å². The van der Waals surface area contributed by atoms with Crippen molar-refractivity contribution in [3.05, 3.63) is 65.0 Å². The lowest BCUT2D eigenvalue weighted by Crippen LogP contribution is -2.14. The fourth-order valence-corrected chi connectivity index (χ4v) is 3.43. The molecule has 5 nitrogen and oxygen atoms in total. The van der Waals surface area contributed by atoms with E-state index in [0.29, 0.717) is 24.8 Å². The third kappa shape index (κ3) is 5.39. The molecule has 140 valence electrons. The van der Waals surface area contributed by atoms with Crippen LogP contribution in [0.1, 0.15) is 16.9 Å². The van der Waals surface area contributed by atoms with Gasteiger partial charge < -0.3 is 14.8 Å². The van der Waals surface area contributed by atoms with Crippen LogP contribution in [-0.2, 0) is 16.1 Å². The number of methoxy groups -OCH3 is 1. The molecule has 0 aliphatic heterocycles. The van der Waals surface area contributed by atoms with Crippen molar-refractivity contribution in [2.75, 3.05) is 19.0 Å². The Morgan fingerprint density at radius 1 is 1.11 bits per heavy atom. The van der Waals surface area contributed by atoms with Crippen LogP contribution < -0.4 is 10.1 Å². The number of carbonyl (C=O) groups is 1. The third-order valence-electron chi connectivity index (χ3n) is 3.99. The van der Waals surface area contributed by atoms with Gasteiger partial charge in [-0.2, -0.15) is 0 Å². The molecule has 0 saturated heterocycles. The smallest absolute Gasteiger partial charge is 0.228 e. The van der Waals surface area contributed by atoms with Crippen LogP contribution in [0.2, 0.25) is 0 Å². The van der Waals surface area contributed by atoms with E-state index in [0.717, 1.165) is 27.4 Å². The van der Waals surface area contributed by atoms with Gasteiger partial charge >= 0.3 is 0 Å². The molecule has 0 aliphatic carbocycles. The van der Waals surface area contributed by atoms with Crippen LogP contribution in [0.15, 0.2) is 54.6 Å². The van der Waals surface area contributed by atoms with Crippen LogP contribution >= 0.6 is 11.3 Å². The molecule has 3 aromatic rings. The van der Waals surface area contributed by atoms with Gasteiger partial charge in [0.1, 0.15) is 5.75 Å². The maximum absolute atomic E-state index is 12.1. The summed E-state index contributed by atoms with van der Waals surface area (Å²) >= 11 is 1.47. The Morgan fingerprint density at radius 2 is 1.85 bits per heavy atom. The summed E-state index contributed by atoms with van der Waals surface area (Å²) in [5.74, 6) is 0.703. The fraction of sp³-hybridized carbons (Fsp3) is 0.238. The van der Waals surface area contributed by atoms with Crippen LogP contribution in [0.25, 0.3) is 11.3 Å². The zero-order valence-corrected chi connectivity index (χ0v) is 16.2. The molecule has 1 N–H and O–H groups in total. The highest BCUT2D eigenvalue weighted by molar-refractivity contribution is 7.16. The Kier molecular flexibility index (Phi) is 6.57. The topological polar surface area (TPSA) is 60.5 Å². The molecule has 0 spiro atoms. The van der Waals surface area contributed by atoms with Gasteiger partial charge in [0.05, 0.1) is 32.4 Å². The fourth-order valence-electron chi connectivity index (χ4n) is 2.58. The van der Waals surface area contributed by atoms with Gasteiger partial charge in [0, 0.05) is 10.4 Å². The number of hydrogen-bond acceptors (Lipinski definition) is 5. The molecule has 1 amide bonds. The zero-order valence-electron chi connectivity index (χ0n) is 15.4. The maximum Gasteiger partial charge on any atom is 0.228 e. The molecule has 0 unspecified atom stereocenters. The van der Waals surface area contributed by atoms with Crippen LogP contribution in [0.3, 0.4) is 0 Å². The zero-order chi connectivity index (χ0) is 19.1. The Balaban J connectivity index is 1.50. The second-order valence-electron chi connectivity index (χ2n) is 5.99. The van der Waals surface area contributed by atoms with Gasteiger partial charge in [0.25, 0.3) is 0 Å². The number of hydrogen-bond donors (Lipinski definition) is 1. The van der Waals surface area contributed by atoms with E-state index in [-0.39, 0.29) is 5.91 Å². The molecule has 0 fully saturated rings. The van der Waals surface area contributed by atoms with E-state index in [1.807, 2.05) is 61.5 Å². The van der Waals surface area contributed by atoms with Crippen LogP contribution in [-0.4, -0.2) is 24.6 Å². The highest BCUT2D eigenvalue weighted by atomic mass is 32.1. The number of nitrogens with zero attached hydrogens (tertiary/aromatic N) is 1. The number of aryl methyl sites for hydroxylation is 1. The largest absolute Gasteiger partial charge is 0.497 e. The van der Waals surface area contributed by atoms with Crippen molar-refractivity contribution >= 4 is 22.4 Å². The second-order valence-corrected chi connectivity index (χ2v) is 7.19. The van der Waals surface area contributed by atoms with E-state index >= 15 is 0 Å². The number of anilines is 1. The van der Waals surface area contributed by atoms with Gasteiger partial charge in [-0.05, 0) is 36.8 Å². The molecule has 0 aliphatic rings. The third-order valence-corrected chi connectivity index (χ3v) is 4.88. The number of carbonyl (C=O) groups excluding carboxylic acids is 1. The van der Waals surface area contributed by atoms with Gasteiger partial charge in [-0.15, -0.1) is 11.3 Å². The lowest BCUT2D eigenvalue weighted by atomic mass is 10.1. The predicted molar refractivity (Wildman–Crippen MR) is 108 cm³/mol.